The van der Waals surface area contributed by atoms with Gasteiger partial charge in [0.25, 0.3) is 5.91 Å². The van der Waals surface area contributed by atoms with Crippen LogP contribution in [0.1, 0.15) is 28.4 Å². The Labute approximate surface area is 131 Å². The fourth-order valence-corrected chi connectivity index (χ4v) is 2.08. The molecular formula is C16H15BrN2O2. The summed E-state index contributed by atoms with van der Waals surface area (Å²) in [6.45, 7) is 3.75. The molecule has 5 heteroatoms. The number of aryl methyl sites for hydroxylation is 1. The minimum absolute atomic E-state index is 0.195. The lowest BCUT2D eigenvalue weighted by molar-refractivity contribution is 0.0955. The van der Waals surface area contributed by atoms with Crippen LogP contribution in [0.4, 0.5) is 0 Å². The summed E-state index contributed by atoms with van der Waals surface area (Å²) in [5, 5.41) is 13.3. The van der Waals surface area contributed by atoms with Crippen molar-refractivity contribution >= 4 is 27.5 Å². The van der Waals surface area contributed by atoms with Crippen LogP contribution in [0.3, 0.4) is 0 Å². The predicted octanol–water partition coefficient (Wildman–Crippen LogP) is 3.62. The molecule has 2 N–H and O–H groups in total. The molecule has 0 radical (unpaired) electrons. The average molecular weight is 347 g/mol. The van der Waals surface area contributed by atoms with E-state index in [0.717, 1.165) is 15.6 Å². The molecule has 0 unspecified atom stereocenters. The van der Waals surface area contributed by atoms with Gasteiger partial charge in [-0.3, -0.25) is 4.79 Å². The van der Waals surface area contributed by atoms with Crippen molar-refractivity contribution in [3.05, 3.63) is 63.6 Å². The van der Waals surface area contributed by atoms with Gasteiger partial charge in [-0.2, -0.15) is 5.10 Å². The Hall–Kier alpha value is -2.14. The summed E-state index contributed by atoms with van der Waals surface area (Å²) in [6.07, 6.45) is 0. The number of phenolic OH excluding ortho intramolecular Hbond substituents is 1. The van der Waals surface area contributed by atoms with Gasteiger partial charge in [0.2, 0.25) is 0 Å². The summed E-state index contributed by atoms with van der Waals surface area (Å²) in [5.74, 6) is -0.0751. The van der Waals surface area contributed by atoms with E-state index in [0.29, 0.717) is 11.3 Å². The molecule has 0 saturated carbocycles. The van der Waals surface area contributed by atoms with Crippen LogP contribution in [0.25, 0.3) is 0 Å². The maximum absolute atomic E-state index is 12.0. The van der Waals surface area contributed by atoms with Crippen molar-refractivity contribution in [2.75, 3.05) is 0 Å². The van der Waals surface area contributed by atoms with E-state index in [-0.39, 0.29) is 11.7 Å². The molecule has 0 aliphatic carbocycles. The van der Waals surface area contributed by atoms with Gasteiger partial charge in [0.1, 0.15) is 5.75 Å². The number of benzene rings is 2. The highest BCUT2D eigenvalue weighted by molar-refractivity contribution is 9.10. The summed E-state index contributed by atoms with van der Waals surface area (Å²) >= 11 is 3.40. The first-order valence-electron chi connectivity index (χ1n) is 6.37. The molecule has 0 saturated heterocycles. The molecule has 21 heavy (non-hydrogen) atoms. The number of phenols is 1. The maximum Gasteiger partial charge on any atom is 0.271 e. The third kappa shape index (κ3) is 3.92. The number of hydrogen-bond donors (Lipinski definition) is 2. The van der Waals surface area contributed by atoms with Crippen LogP contribution in [0, 0.1) is 6.92 Å². The minimum atomic E-state index is -0.270. The standard InChI is InChI=1S/C16H15BrN2O2/c1-10-3-4-13(9-15(10)17)16(21)19-18-11(2)12-5-7-14(20)8-6-12/h3-9,20H,1-2H3,(H,19,21)/b18-11+. The first-order valence-corrected chi connectivity index (χ1v) is 7.17. The maximum atomic E-state index is 12.0. The van der Waals surface area contributed by atoms with Gasteiger partial charge in [-0.1, -0.05) is 22.0 Å². The molecule has 4 nitrogen and oxygen atoms in total. The topological polar surface area (TPSA) is 61.7 Å². The number of halogens is 1. The van der Waals surface area contributed by atoms with Crippen LogP contribution in [0.5, 0.6) is 5.75 Å². The third-order valence-corrected chi connectivity index (χ3v) is 3.90. The third-order valence-electron chi connectivity index (χ3n) is 3.04. The van der Waals surface area contributed by atoms with Gasteiger partial charge in [0, 0.05) is 10.0 Å². The summed E-state index contributed by atoms with van der Waals surface area (Å²) in [7, 11) is 0. The fourth-order valence-electron chi connectivity index (χ4n) is 1.70. The van der Waals surface area contributed by atoms with E-state index in [9.17, 15) is 9.90 Å². The van der Waals surface area contributed by atoms with E-state index < -0.39 is 0 Å². The van der Waals surface area contributed by atoms with E-state index in [1.54, 1.807) is 43.3 Å². The number of rotatable bonds is 3. The van der Waals surface area contributed by atoms with Crippen molar-refractivity contribution in [3.63, 3.8) is 0 Å². The van der Waals surface area contributed by atoms with Crippen LogP contribution in [0.15, 0.2) is 52.0 Å². The Bertz CT molecular complexity index is 694. The normalized spacial score (nSPS) is 11.3. The molecule has 0 fully saturated rings. The van der Waals surface area contributed by atoms with Crippen molar-refractivity contribution in [1.29, 1.82) is 0 Å². The summed E-state index contributed by atoms with van der Waals surface area (Å²) in [5.41, 5.74) is 5.62. The van der Waals surface area contributed by atoms with Crippen LogP contribution in [-0.4, -0.2) is 16.7 Å². The van der Waals surface area contributed by atoms with Crippen LogP contribution >= 0.6 is 15.9 Å². The molecular weight excluding hydrogens is 332 g/mol. The molecule has 2 rings (SSSR count). The highest BCUT2D eigenvalue weighted by Gasteiger charge is 2.06. The van der Waals surface area contributed by atoms with Gasteiger partial charge < -0.3 is 5.11 Å². The quantitative estimate of drug-likeness (QED) is 0.658. The molecule has 108 valence electrons. The lowest BCUT2D eigenvalue weighted by atomic mass is 10.1. The summed E-state index contributed by atoms with van der Waals surface area (Å²) in [6, 6.07) is 12.0. The number of amides is 1. The van der Waals surface area contributed by atoms with Gasteiger partial charge in [0.05, 0.1) is 5.71 Å². The van der Waals surface area contributed by atoms with Gasteiger partial charge in [-0.05, 0) is 61.4 Å². The molecule has 0 aliphatic rings. The van der Waals surface area contributed by atoms with Crippen molar-refractivity contribution in [2.24, 2.45) is 5.10 Å². The zero-order valence-corrected chi connectivity index (χ0v) is 13.3. The molecule has 0 aromatic heterocycles. The Kier molecular flexibility index (Phi) is 4.75. The number of aromatic hydroxyl groups is 1. The van der Waals surface area contributed by atoms with Crippen molar-refractivity contribution < 1.29 is 9.90 Å². The highest BCUT2D eigenvalue weighted by atomic mass is 79.9. The van der Waals surface area contributed by atoms with Gasteiger partial charge in [-0.25, -0.2) is 5.43 Å². The smallest absolute Gasteiger partial charge is 0.271 e. The van der Waals surface area contributed by atoms with Gasteiger partial charge in [-0.15, -0.1) is 0 Å². The molecule has 2 aromatic carbocycles. The predicted molar refractivity (Wildman–Crippen MR) is 86.7 cm³/mol. The number of carbonyl (C=O) groups is 1. The van der Waals surface area contributed by atoms with E-state index in [4.69, 9.17) is 0 Å². The summed E-state index contributed by atoms with van der Waals surface area (Å²) in [4.78, 5) is 12.0. The molecule has 2 aromatic rings. The number of hydrazone groups is 1. The van der Waals surface area contributed by atoms with Crippen LogP contribution in [0.2, 0.25) is 0 Å². The average Bonchev–Trinajstić information content (AvgIpc) is 2.48. The first-order chi connectivity index (χ1) is 9.97. The molecule has 0 bridgehead atoms. The van der Waals surface area contributed by atoms with E-state index in [2.05, 4.69) is 26.5 Å². The minimum Gasteiger partial charge on any atom is -0.508 e. The zero-order valence-electron chi connectivity index (χ0n) is 11.7. The van der Waals surface area contributed by atoms with Crippen LogP contribution < -0.4 is 5.43 Å². The fraction of sp³-hybridized carbons (Fsp3) is 0.125. The molecule has 0 aliphatic heterocycles. The lowest BCUT2D eigenvalue weighted by Gasteiger charge is -2.05. The van der Waals surface area contributed by atoms with Gasteiger partial charge >= 0.3 is 0 Å². The first kappa shape index (κ1) is 15.3. The lowest BCUT2D eigenvalue weighted by Crippen LogP contribution is -2.19. The SMILES string of the molecule is C/C(=N\NC(=O)c1ccc(C)c(Br)c1)c1ccc(O)cc1. The second kappa shape index (κ2) is 6.54. The van der Waals surface area contributed by atoms with Crippen molar-refractivity contribution in [2.45, 2.75) is 13.8 Å². The second-order valence-corrected chi connectivity index (χ2v) is 5.50. The Balaban J connectivity index is 2.10. The van der Waals surface area contributed by atoms with Crippen LogP contribution in [-0.2, 0) is 0 Å². The van der Waals surface area contributed by atoms with E-state index in [1.165, 1.54) is 0 Å². The number of nitrogens with zero attached hydrogens (tertiary/aromatic N) is 1. The van der Waals surface area contributed by atoms with E-state index >= 15 is 0 Å². The molecule has 0 atom stereocenters. The monoisotopic (exact) mass is 346 g/mol. The number of carbonyl (C=O) groups excluding carboxylic acids is 1. The van der Waals surface area contributed by atoms with Crippen molar-refractivity contribution in [1.82, 2.24) is 5.43 Å². The number of hydrogen-bond acceptors (Lipinski definition) is 3. The van der Waals surface area contributed by atoms with Gasteiger partial charge in [0.15, 0.2) is 0 Å². The summed E-state index contributed by atoms with van der Waals surface area (Å²) < 4.78 is 0.884. The molecule has 0 heterocycles. The zero-order chi connectivity index (χ0) is 15.4. The second-order valence-electron chi connectivity index (χ2n) is 4.65. The van der Waals surface area contributed by atoms with Crippen molar-refractivity contribution in [3.8, 4) is 5.75 Å². The largest absolute Gasteiger partial charge is 0.508 e. The Morgan fingerprint density at radius 1 is 1.14 bits per heavy atom. The Morgan fingerprint density at radius 3 is 2.38 bits per heavy atom. The highest BCUT2D eigenvalue weighted by Crippen LogP contribution is 2.17. The number of nitrogens with one attached hydrogen (secondary N) is 1. The Morgan fingerprint density at radius 2 is 1.76 bits per heavy atom. The van der Waals surface area contributed by atoms with E-state index in [1.807, 2.05) is 13.0 Å². The molecule has 1 amide bonds. The molecule has 0 spiro atoms.